The van der Waals surface area contributed by atoms with Gasteiger partial charge in [0.15, 0.2) is 5.96 Å². The maximum Gasteiger partial charge on any atom is 0.191 e. The third-order valence-electron chi connectivity index (χ3n) is 4.22. The first kappa shape index (κ1) is 16.2. The number of guanidine groups is 1. The second-order valence-corrected chi connectivity index (χ2v) is 5.92. The Morgan fingerprint density at radius 1 is 1.21 bits per heavy atom. The molecule has 0 saturated carbocycles. The lowest BCUT2D eigenvalue weighted by molar-refractivity contribution is 0.379. The molecule has 2 heterocycles. The summed E-state index contributed by atoms with van der Waals surface area (Å²) in [5, 5.41) is 0. The van der Waals surface area contributed by atoms with Crippen LogP contribution in [0.1, 0.15) is 11.1 Å². The summed E-state index contributed by atoms with van der Waals surface area (Å²) in [6, 6.07) is 11.0. The number of halogens is 1. The van der Waals surface area contributed by atoms with Crippen LogP contribution in [-0.2, 0) is 6.54 Å². The van der Waals surface area contributed by atoms with Crippen LogP contribution in [0.15, 0.2) is 47.6 Å². The first-order chi connectivity index (χ1) is 11.6. The number of piperazine rings is 1. The average molecular weight is 327 g/mol. The summed E-state index contributed by atoms with van der Waals surface area (Å²) in [6.07, 6.45) is 1.81. The topological polar surface area (TPSA) is 57.8 Å². The molecule has 126 valence electrons. The Balaban J connectivity index is 1.56. The zero-order valence-corrected chi connectivity index (χ0v) is 13.8. The fourth-order valence-corrected chi connectivity index (χ4v) is 2.78. The van der Waals surface area contributed by atoms with E-state index in [9.17, 15) is 4.39 Å². The molecule has 0 spiro atoms. The molecule has 1 aliphatic heterocycles. The lowest BCUT2D eigenvalue weighted by atomic mass is 10.1. The summed E-state index contributed by atoms with van der Waals surface area (Å²) in [7, 11) is 0. The molecule has 24 heavy (non-hydrogen) atoms. The van der Waals surface area contributed by atoms with Gasteiger partial charge in [-0.2, -0.15) is 0 Å². The van der Waals surface area contributed by atoms with Crippen LogP contribution in [0.5, 0.6) is 0 Å². The van der Waals surface area contributed by atoms with Crippen LogP contribution in [0, 0.1) is 12.7 Å². The molecular formula is C18H22FN5. The van der Waals surface area contributed by atoms with Crippen LogP contribution in [-0.4, -0.2) is 42.0 Å². The molecule has 1 saturated heterocycles. The van der Waals surface area contributed by atoms with Crippen LogP contribution in [0.3, 0.4) is 0 Å². The molecule has 1 aromatic heterocycles. The zero-order valence-electron chi connectivity index (χ0n) is 13.8. The highest BCUT2D eigenvalue weighted by atomic mass is 19.1. The Labute approximate surface area is 141 Å². The van der Waals surface area contributed by atoms with E-state index in [1.54, 1.807) is 13.0 Å². The Kier molecular flexibility index (Phi) is 4.93. The standard InChI is InChI=1S/C18H22FN5/c1-14-12-15(5-6-16(14)19)13-22-18(20)24-10-8-23(9-11-24)17-4-2-3-7-21-17/h2-7,12H,8-11,13H2,1H3,(H2,20,22). The molecule has 6 heteroatoms. The number of pyridine rings is 1. The lowest BCUT2D eigenvalue weighted by Crippen LogP contribution is -2.51. The maximum atomic E-state index is 13.3. The van der Waals surface area contributed by atoms with Crippen molar-refractivity contribution in [3.8, 4) is 0 Å². The van der Waals surface area contributed by atoms with E-state index in [0.29, 0.717) is 18.1 Å². The second-order valence-electron chi connectivity index (χ2n) is 5.92. The minimum Gasteiger partial charge on any atom is -0.370 e. The molecule has 0 aliphatic carbocycles. The van der Waals surface area contributed by atoms with Gasteiger partial charge in [-0.25, -0.2) is 14.4 Å². The van der Waals surface area contributed by atoms with Gasteiger partial charge in [-0.15, -0.1) is 0 Å². The minimum absolute atomic E-state index is 0.193. The van der Waals surface area contributed by atoms with Crippen molar-refractivity contribution in [3.63, 3.8) is 0 Å². The van der Waals surface area contributed by atoms with Crippen molar-refractivity contribution in [2.75, 3.05) is 31.1 Å². The van der Waals surface area contributed by atoms with Crippen molar-refractivity contribution >= 4 is 11.8 Å². The van der Waals surface area contributed by atoms with Crippen LogP contribution in [0.4, 0.5) is 10.2 Å². The summed E-state index contributed by atoms with van der Waals surface area (Å²) in [5.41, 5.74) is 7.71. The first-order valence-corrected chi connectivity index (χ1v) is 8.09. The third kappa shape index (κ3) is 3.82. The van der Waals surface area contributed by atoms with Gasteiger partial charge < -0.3 is 15.5 Å². The van der Waals surface area contributed by atoms with Crippen molar-refractivity contribution in [2.24, 2.45) is 10.7 Å². The minimum atomic E-state index is -0.193. The van der Waals surface area contributed by atoms with E-state index < -0.39 is 0 Å². The van der Waals surface area contributed by atoms with E-state index in [2.05, 4.69) is 19.8 Å². The molecular weight excluding hydrogens is 305 g/mol. The van der Waals surface area contributed by atoms with Crippen molar-refractivity contribution < 1.29 is 4.39 Å². The molecule has 1 aliphatic rings. The largest absolute Gasteiger partial charge is 0.370 e. The van der Waals surface area contributed by atoms with Gasteiger partial charge in [0.05, 0.1) is 6.54 Å². The highest BCUT2D eigenvalue weighted by Crippen LogP contribution is 2.13. The number of anilines is 1. The Bertz CT molecular complexity index is 709. The number of nitrogens with two attached hydrogens (primary N) is 1. The van der Waals surface area contributed by atoms with E-state index in [1.807, 2.05) is 30.5 Å². The van der Waals surface area contributed by atoms with Crippen LogP contribution in [0.25, 0.3) is 0 Å². The van der Waals surface area contributed by atoms with Crippen LogP contribution < -0.4 is 10.6 Å². The Morgan fingerprint density at radius 2 is 2.00 bits per heavy atom. The molecule has 0 amide bonds. The molecule has 0 unspecified atom stereocenters. The van der Waals surface area contributed by atoms with E-state index >= 15 is 0 Å². The third-order valence-corrected chi connectivity index (χ3v) is 4.22. The average Bonchev–Trinajstić information content (AvgIpc) is 2.63. The smallest absolute Gasteiger partial charge is 0.191 e. The van der Waals surface area contributed by atoms with Crippen molar-refractivity contribution in [3.05, 3.63) is 59.5 Å². The molecule has 2 N–H and O–H groups in total. The van der Waals surface area contributed by atoms with Gasteiger partial charge in [-0.05, 0) is 36.2 Å². The van der Waals surface area contributed by atoms with Gasteiger partial charge in [0.2, 0.25) is 0 Å². The fourth-order valence-electron chi connectivity index (χ4n) is 2.78. The molecule has 3 rings (SSSR count). The Hall–Kier alpha value is -2.63. The Morgan fingerprint density at radius 3 is 2.67 bits per heavy atom. The number of rotatable bonds is 3. The zero-order chi connectivity index (χ0) is 16.9. The van der Waals surface area contributed by atoms with Gasteiger partial charge in [0.1, 0.15) is 11.6 Å². The molecule has 0 bridgehead atoms. The van der Waals surface area contributed by atoms with E-state index in [-0.39, 0.29) is 5.82 Å². The van der Waals surface area contributed by atoms with Gasteiger partial charge in [0, 0.05) is 32.4 Å². The summed E-state index contributed by atoms with van der Waals surface area (Å²) in [4.78, 5) is 13.2. The number of benzene rings is 1. The number of hydrogen-bond donors (Lipinski definition) is 1. The molecule has 1 aromatic carbocycles. The van der Waals surface area contributed by atoms with Gasteiger partial charge in [0.25, 0.3) is 0 Å². The highest BCUT2D eigenvalue weighted by Gasteiger charge is 2.18. The number of nitrogens with zero attached hydrogens (tertiary/aromatic N) is 4. The molecule has 0 radical (unpaired) electrons. The van der Waals surface area contributed by atoms with Crippen molar-refractivity contribution in [1.82, 2.24) is 9.88 Å². The molecule has 2 aromatic rings. The SMILES string of the molecule is Cc1cc(CN=C(N)N2CCN(c3ccccn3)CC2)ccc1F. The number of aryl methyl sites for hydroxylation is 1. The normalized spacial score (nSPS) is 15.7. The fraction of sp³-hybridized carbons (Fsp3) is 0.333. The van der Waals surface area contributed by atoms with Gasteiger partial charge in [-0.3, -0.25) is 0 Å². The summed E-state index contributed by atoms with van der Waals surface area (Å²) in [6.45, 7) is 5.57. The van der Waals surface area contributed by atoms with Crippen LogP contribution in [0.2, 0.25) is 0 Å². The quantitative estimate of drug-likeness (QED) is 0.693. The molecule has 0 atom stereocenters. The molecule has 5 nitrogen and oxygen atoms in total. The highest BCUT2D eigenvalue weighted by molar-refractivity contribution is 5.78. The first-order valence-electron chi connectivity index (χ1n) is 8.09. The van der Waals surface area contributed by atoms with Crippen LogP contribution >= 0.6 is 0 Å². The van der Waals surface area contributed by atoms with E-state index in [4.69, 9.17) is 5.73 Å². The molecule has 1 fully saturated rings. The maximum absolute atomic E-state index is 13.3. The second kappa shape index (κ2) is 7.29. The summed E-state index contributed by atoms with van der Waals surface area (Å²) in [5.74, 6) is 1.34. The van der Waals surface area contributed by atoms with E-state index in [1.165, 1.54) is 6.07 Å². The van der Waals surface area contributed by atoms with Crippen molar-refractivity contribution in [2.45, 2.75) is 13.5 Å². The summed E-state index contributed by atoms with van der Waals surface area (Å²) >= 11 is 0. The summed E-state index contributed by atoms with van der Waals surface area (Å²) < 4.78 is 13.3. The van der Waals surface area contributed by atoms with Gasteiger partial charge in [-0.1, -0.05) is 18.2 Å². The van der Waals surface area contributed by atoms with Gasteiger partial charge >= 0.3 is 0 Å². The number of aromatic nitrogens is 1. The van der Waals surface area contributed by atoms with Crippen molar-refractivity contribution in [1.29, 1.82) is 0 Å². The monoisotopic (exact) mass is 327 g/mol. The lowest BCUT2D eigenvalue weighted by Gasteiger charge is -2.35. The van der Waals surface area contributed by atoms with E-state index in [0.717, 1.165) is 37.6 Å². The number of aliphatic imine (C=N–C) groups is 1. The predicted octanol–water partition coefficient (Wildman–Crippen LogP) is 2.17. The predicted molar refractivity (Wildman–Crippen MR) is 94.5 cm³/mol. The number of hydrogen-bond acceptors (Lipinski definition) is 3.